The number of aryl methyl sites for hydroxylation is 1. The molecule has 0 spiro atoms. The Hall–Kier alpha value is -3.21. The minimum Gasteiger partial charge on any atom is -0.342 e. The SMILES string of the molecule is Cc1ccc2nc(-c3ccccc3)cc(C(=O)N3CCC(C(=O)N4CCCCCC4)CC3)c2c1. The second-order valence-electron chi connectivity index (χ2n) is 9.75. The van der Waals surface area contributed by atoms with E-state index in [4.69, 9.17) is 4.98 Å². The van der Waals surface area contributed by atoms with Crippen LogP contribution in [0.4, 0.5) is 0 Å². The molecule has 0 atom stereocenters. The van der Waals surface area contributed by atoms with Crippen molar-refractivity contribution in [1.29, 1.82) is 0 Å². The van der Waals surface area contributed by atoms with Crippen molar-refractivity contribution >= 4 is 22.7 Å². The fourth-order valence-corrected chi connectivity index (χ4v) is 5.32. The van der Waals surface area contributed by atoms with Gasteiger partial charge in [0.15, 0.2) is 0 Å². The van der Waals surface area contributed by atoms with Gasteiger partial charge in [0.1, 0.15) is 0 Å². The number of benzene rings is 2. The Morgan fingerprint density at radius 1 is 0.824 bits per heavy atom. The number of piperidine rings is 1. The molecule has 0 unspecified atom stereocenters. The lowest BCUT2D eigenvalue weighted by molar-refractivity contribution is -0.136. The number of carbonyl (C=O) groups is 2. The Morgan fingerprint density at radius 3 is 2.24 bits per heavy atom. The molecule has 0 bridgehead atoms. The molecule has 0 radical (unpaired) electrons. The fraction of sp³-hybridized carbons (Fsp3) is 0.414. The first-order valence-electron chi connectivity index (χ1n) is 12.6. The zero-order valence-corrected chi connectivity index (χ0v) is 20.0. The third-order valence-corrected chi connectivity index (χ3v) is 7.31. The van der Waals surface area contributed by atoms with Crippen LogP contribution >= 0.6 is 0 Å². The minimum absolute atomic E-state index is 0.0378. The summed E-state index contributed by atoms with van der Waals surface area (Å²) in [5.74, 6) is 0.375. The first-order valence-corrected chi connectivity index (χ1v) is 12.6. The van der Waals surface area contributed by atoms with Gasteiger partial charge in [-0.05, 0) is 50.8 Å². The summed E-state index contributed by atoms with van der Waals surface area (Å²) < 4.78 is 0. The smallest absolute Gasteiger partial charge is 0.254 e. The molecule has 2 aliphatic rings. The highest BCUT2D eigenvalue weighted by Crippen LogP contribution is 2.29. The summed E-state index contributed by atoms with van der Waals surface area (Å²) in [7, 11) is 0. The van der Waals surface area contributed by atoms with Gasteiger partial charge in [0.25, 0.3) is 5.91 Å². The normalized spacial score (nSPS) is 17.6. The van der Waals surface area contributed by atoms with Crippen molar-refractivity contribution in [3.63, 3.8) is 0 Å². The predicted molar refractivity (Wildman–Crippen MR) is 136 cm³/mol. The van der Waals surface area contributed by atoms with Crippen molar-refractivity contribution in [3.05, 3.63) is 65.7 Å². The molecule has 2 saturated heterocycles. The number of carbonyl (C=O) groups excluding carboxylic acids is 2. The number of likely N-dealkylation sites (tertiary alicyclic amines) is 2. The number of hydrogen-bond acceptors (Lipinski definition) is 3. The Balaban J connectivity index is 1.37. The van der Waals surface area contributed by atoms with E-state index in [2.05, 4.69) is 11.0 Å². The topological polar surface area (TPSA) is 53.5 Å². The van der Waals surface area contributed by atoms with Crippen molar-refractivity contribution in [2.45, 2.75) is 45.4 Å². The maximum atomic E-state index is 13.7. The highest BCUT2D eigenvalue weighted by Gasteiger charge is 2.31. The van der Waals surface area contributed by atoms with Crippen molar-refractivity contribution in [2.24, 2.45) is 5.92 Å². The number of pyridine rings is 1. The van der Waals surface area contributed by atoms with Gasteiger partial charge in [-0.2, -0.15) is 0 Å². The van der Waals surface area contributed by atoms with E-state index in [1.54, 1.807) is 0 Å². The van der Waals surface area contributed by atoms with Gasteiger partial charge in [0.2, 0.25) is 5.91 Å². The van der Waals surface area contributed by atoms with Crippen LogP contribution in [0.15, 0.2) is 54.6 Å². The number of fused-ring (bicyclic) bond motifs is 1. The van der Waals surface area contributed by atoms with Gasteiger partial charge in [0, 0.05) is 43.0 Å². The number of hydrogen-bond donors (Lipinski definition) is 0. The molecule has 5 rings (SSSR count). The third-order valence-electron chi connectivity index (χ3n) is 7.31. The van der Waals surface area contributed by atoms with Crippen LogP contribution in [-0.2, 0) is 4.79 Å². The van der Waals surface area contributed by atoms with Gasteiger partial charge in [-0.25, -0.2) is 4.98 Å². The number of rotatable bonds is 3. The molecule has 0 N–H and O–H groups in total. The highest BCUT2D eigenvalue weighted by molar-refractivity contribution is 6.07. The minimum atomic E-state index is 0.0378. The van der Waals surface area contributed by atoms with Gasteiger partial charge in [0.05, 0.1) is 16.8 Å². The van der Waals surface area contributed by atoms with E-state index in [0.717, 1.165) is 66.5 Å². The third kappa shape index (κ3) is 4.70. The number of amides is 2. The van der Waals surface area contributed by atoms with Crippen LogP contribution < -0.4 is 0 Å². The molecular weight excluding hydrogens is 422 g/mol. The van der Waals surface area contributed by atoms with E-state index in [0.29, 0.717) is 24.6 Å². The van der Waals surface area contributed by atoms with Crippen LogP contribution in [0.3, 0.4) is 0 Å². The van der Waals surface area contributed by atoms with Crippen LogP contribution in [0.2, 0.25) is 0 Å². The van der Waals surface area contributed by atoms with Gasteiger partial charge in [-0.15, -0.1) is 0 Å². The fourth-order valence-electron chi connectivity index (χ4n) is 5.32. The zero-order chi connectivity index (χ0) is 23.5. The second kappa shape index (κ2) is 9.96. The molecule has 0 aliphatic carbocycles. The largest absolute Gasteiger partial charge is 0.342 e. The molecular formula is C29H33N3O2. The van der Waals surface area contributed by atoms with E-state index in [9.17, 15) is 9.59 Å². The molecule has 0 saturated carbocycles. The summed E-state index contributed by atoms with van der Waals surface area (Å²) in [5, 5.41) is 0.896. The van der Waals surface area contributed by atoms with Crippen LogP contribution in [0.5, 0.6) is 0 Å². The van der Waals surface area contributed by atoms with Crippen LogP contribution in [0.1, 0.15) is 54.4 Å². The maximum Gasteiger partial charge on any atom is 0.254 e. The average molecular weight is 456 g/mol. The molecule has 2 fully saturated rings. The van der Waals surface area contributed by atoms with Crippen LogP contribution in [-0.4, -0.2) is 52.8 Å². The molecule has 5 nitrogen and oxygen atoms in total. The first-order chi connectivity index (χ1) is 16.6. The first kappa shape index (κ1) is 22.6. The summed E-state index contributed by atoms with van der Waals surface area (Å²) >= 11 is 0. The van der Waals surface area contributed by atoms with Crippen molar-refractivity contribution in [2.75, 3.05) is 26.2 Å². The number of nitrogens with zero attached hydrogens (tertiary/aromatic N) is 3. The van der Waals surface area contributed by atoms with Crippen LogP contribution in [0, 0.1) is 12.8 Å². The monoisotopic (exact) mass is 455 g/mol. The summed E-state index contributed by atoms with van der Waals surface area (Å²) in [6.07, 6.45) is 6.16. The summed E-state index contributed by atoms with van der Waals surface area (Å²) in [5.41, 5.74) is 4.45. The molecule has 3 heterocycles. The Bertz CT molecular complexity index is 1170. The van der Waals surface area contributed by atoms with Gasteiger partial charge in [-0.1, -0.05) is 54.8 Å². The van der Waals surface area contributed by atoms with E-state index >= 15 is 0 Å². The molecule has 3 aromatic rings. The molecule has 176 valence electrons. The number of aromatic nitrogens is 1. The Kier molecular flexibility index (Phi) is 6.61. The average Bonchev–Trinajstić information content (AvgIpc) is 3.17. The van der Waals surface area contributed by atoms with E-state index < -0.39 is 0 Å². The lowest BCUT2D eigenvalue weighted by Crippen LogP contribution is -2.44. The second-order valence-corrected chi connectivity index (χ2v) is 9.75. The maximum absolute atomic E-state index is 13.7. The van der Waals surface area contributed by atoms with E-state index in [-0.39, 0.29) is 11.8 Å². The Morgan fingerprint density at radius 2 is 1.53 bits per heavy atom. The van der Waals surface area contributed by atoms with Crippen molar-refractivity contribution in [1.82, 2.24) is 14.8 Å². The lowest BCUT2D eigenvalue weighted by Gasteiger charge is -2.34. The Labute approximate surface area is 201 Å². The molecule has 5 heteroatoms. The van der Waals surface area contributed by atoms with Gasteiger partial charge < -0.3 is 9.80 Å². The summed E-state index contributed by atoms with van der Waals surface area (Å²) in [4.78, 5) is 35.7. The standard InChI is InChI=1S/C29H33N3O2/c1-21-11-12-26-24(19-21)25(20-27(30-26)22-9-5-4-6-10-22)29(34)32-17-13-23(14-18-32)28(33)31-15-7-2-3-8-16-31/h4-6,9-12,19-20,23H,2-3,7-8,13-18H2,1H3. The predicted octanol–water partition coefficient (Wildman–Crippen LogP) is 5.47. The zero-order valence-electron chi connectivity index (χ0n) is 20.0. The van der Waals surface area contributed by atoms with Gasteiger partial charge in [-0.3, -0.25) is 9.59 Å². The quantitative estimate of drug-likeness (QED) is 0.527. The van der Waals surface area contributed by atoms with Crippen molar-refractivity contribution in [3.8, 4) is 11.3 Å². The summed E-state index contributed by atoms with van der Waals surface area (Å²) in [6.45, 7) is 5.07. The molecule has 34 heavy (non-hydrogen) atoms. The summed E-state index contributed by atoms with van der Waals surface area (Å²) in [6, 6.07) is 18.0. The highest BCUT2D eigenvalue weighted by atomic mass is 16.2. The van der Waals surface area contributed by atoms with Gasteiger partial charge >= 0.3 is 0 Å². The molecule has 2 aliphatic heterocycles. The lowest BCUT2D eigenvalue weighted by atomic mass is 9.94. The molecule has 1 aromatic heterocycles. The molecule has 2 aromatic carbocycles. The van der Waals surface area contributed by atoms with Crippen LogP contribution in [0.25, 0.3) is 22.2 Å². The van der Waals surface area contributed by atoms with E-state index in [1.807, 2.05) is 60.4 Å². The van der Waals surface area contributed by atoms with Crippen molar-refractivity contribution < 1.29 is 9.59 Å². The molecule has 2 amide bonds. The van der Waals surface area contributed by atoms with E-state index in [1.165, 1.54) is 12.8 Å².